The van der Waals surface area contributed by atoms with Crippen LogP contribution in [0.5, 0.6) is 0 Å². The Morgan fingerprint density at radius 2 is 1.50 bits per heavy atom. The van der Waals surface area contributed by atoms with E-state index in [9.17, 15) is 0 Å². The monoisotopic (exact) mass is 206 g/mol. The SMILES string of the molecule is CCCCCCCC(SC)SC. The van der Waals surface area contributed by atoms with E-state index in [1.165, 1.54) is 38.5 Å². The van der Waals surface area contributed by atoms with Gasteiger partial charge >= 0.3 is 0 Å². The van der Waals surface area contributed by atoms with E-state index in [2.05, 4.69) is 19.4 Å². The van der Waals surface area contributed by atoms with E-state index in [0.29, 0.717) is 0 Å². The van der Waals surface area contributed by atoms with E-state index >= 15 is 0 Å². The minimum absolute atomic E-state index is 0.839. The molecule has 0 saturated carbocycles. The van der Waals surface area contributed by atoms with Crippen LogP contribution in [-0.2, 0) is 0 Å². The van der Waals surface area contributed by atoms with Gasteiger partial charge in [-0.2, -0.15) is 23.5 Å². The van der Waals surface area contributed by atoms with E-state index in [1.807, 2.05) is 23.5 Å². The fraction of sp³-hybridized carbons (Fsp3) is 1.00. The van der Waals surface area contributed by atoms with Crippen molar-refractivity contribution in [2.24, 2.45) is 0 Å². The molecule has 0 aromatic heterocycles. The number of hydrogen-bond acceptors (Lipinski definition) is 2. The van der Waals surface area contributed by atoms with Gasteiger partial charge in [0.2, 0.25) is 0 Å². The third kappa shape index (κ3) is 7.35. The van der Waals surface area contributed by atoms with Crippen molar-refractivity contribution in [1.29, 1.82) is 0 Å². The van der Waals surface area contributed by atoms with Crippen molar-refractivity contribution in [2.75, 3.05) is 12.5 Å². The normalized spacial score (nSPS) is 11.0. The first-order chi connectivity index (χ1) is 5.85. The molecule has 0 atom stereocenters. The quantitative estimate of drug-likeness (QED) is 0.426. The van der Waals surface area contributed by atoms with Gasteiger partial charge in [0.25, 0.3) is 0 Å². The lowest BCUT2D eigenvalue weighted by Gasteiger charge is -2.10. The van der Waals surface area contributed by atoms with Gasteiger partial charge in [-0.1, -0.05) is 39.0 Å². The Morgan fingerprint density at radius 1 is 0.917 bits per heavy atom. The molecule has 0 spiro atoms. The molecular weight excluding hydrogens is 184 g/mol. The number of rotatable bonds is 8. The minimum Gasteiger partial charge on any atom is -0.151 e. The first-order valence-corrected chi connectivity index (χ1v) is 7.48. The molecule has 0 aliphatic carbocycles. The van der Waals surface area contributed by atoms with Crippen LogP contribution in [0.2, 0.25) is 0 Å². The second kappa shape index (κ2) is 9.79. The molecule has 0 aliphatic rings. The summed E-state index contributed by atoms with van der Waals surface area (Å²) in [5.74, 6) is 0. The molecule has 0 aromatic carbocycles. The fourth-order valence-corrected chi connectivity index (χ4v) is 2.82. The van der Waals surface area contributed by atoms with Gasteiger partial charge in [-0.3, -0.25) is 0 Å². The van der Waals surface area contributed by atoms with E-state index in [-0.39, 0.29) is 0 Å². The van der Waals surface area contributed by atoms with Crippen molar-refractivity contribution in [3.63, 3.8) is 0 Å². The Morgan fingerprint density at radius 3 is 2.00 bits per heavy atom. The summed E-state index contributed by atoms with van der Waals surface area (Å²) in [6.45, 7) is 2.27. The Balaban J connectivity index is 3.06. The molecule has 12 heavy (non-hydrogen) atoms. The van der Waals surface area contributed by atoms with Crippen LogP contribution < -0.4 is 0 Å². The maximum Gasteiger partial charge on any atom is 0.0496 e. The highest BCUT2D eigenvalue weighted by Gasteiger charge is 2.02. The first kappa shape index (κ1) is 12.7. The molecule has 74 valence electrons. The molecule has 0 unspecified atom stereocenters. The Kier molecular flexibility index (Phi) is 10.4. The molecule has 0 heterocycles. The van der Waals surface area contributed by atoms with E-state index < -0.39 is 0 Å². The lowest BCUT2D eigenvalue weighted by Crippen LogP contribution is -1.94. The zero-order chi connectivity index (χ0) is 9.23. The summed E-state index contributed by atoms with van der Waals surface area (Å²) < 4.78 is 0.839. The molecule has 0 N–H and O–H groups in total. The number of hydrogen-bond donors (Lipinski definition) is 0. The first-order valence-electron chi connectivity index (χ1n) is 4.90. The molecule has 2 heteroatoms. The lowest BCUT2D eigenvalue weighted by atomic mass is 10.1. The van der Waals surface area contributed by atoms with Crippen molar-refractivity contribution in [1.82, 2.24) is 0 Å². The van der Waals surface area contributed by atoms with Crippen molar-refractivity contribution in [3.05, 3.63) is 0 Å². The van der Waals surface area contributed by atoms with Crippen molar-refractivity contribution >= 4 is 23.5 Å². The summed E-state index contributed by atoms with van der Waals surface area (Å²) in [5.41, 5.74) is 0. The standard InChI is InChI=1S/C10H22S2/c1-4-5-6-7-8-9-10(11-2)12-3/h10H,4-9H2,1-3H3. The van der Waals surface area contributed by atoms with Gasteiger partial charge < -0.3 is 0 Å². The van der Waals surface area contributed by atoms with E-state index in [1.54, 1.807) is 0 Å². The highest BCUT2D eigenvalue weighted by atomic mass is 32.2. The molecular formula is C10H22S2. The molecule has 0 rings (SSSR count). The second-order valence-corrected chi connectivity index (χ2v) is 5.48. The van der Waals surface area contributed by atoms with Crippen LogP contribution in [-0.4, -0.2) is 17.1 Å². The van der Waals surface area contributed by atoms with Crippen LogP contribution in [0.15, 0.2) is 0 Å². The number of thioether (sulfide) groups is 2. The average molecular weight is 206 g/mol. The largest absolute Gasteiger partial charge is 0.151 e. The van der Waals surface area contributed by atoms with Crippen LogP contribution in [0.25, 0.3) is 0 Å². The second-order valence-electron chi connectivity index (χ2n) is 3.10. The zero-order valence-electron chi connectivity index (χ0n) is 8.64. The fourth-order valence-electron chi connectivity index (χ4n) is 1.25. The molecule has 0 aromatic rings. The predicted octanol–water partition coefficient (Wildman–Crippen LogP) is 4.40. The molecule has 0 bridgehead atoms. The molecule has 0 radical (unpaired) electrons. The van der Waals surface area contributed by atoms with Crippen molar-refractivity contribution < 1.29 is 0 Å². The molecule has 0 fully saturated rings. The summed E-state index contributed by atoms with van der Waals surface area (Å²) in [5, 5.41) is 0. The van der Waals surface area contributed by atoms with Crippen molar-refractivity contribution in [2.45, 2.75) is 50.0 Å². The van der Waals surface area contributed by atoms with Gasteiger partial charge in [0.15, 0.2) is 0 Å². The van der Waals surface area contributed by atoms with Gasteiger partial charge in [-0.15, -0.1) is 0 Å². The highest BCUT2D eigenvalue weighted by molar-refractivity contribution is 8.16. The smallest absolute Gasteiger partial charge is 0.0496 e. The summed E-state index contributed by atoms with van der Waals surface area (Å²) >= 11 is 3.99. The molecule has 0 nitrogen and oxygen atoms in total. The van der Waals surface area contributed by atoms with Crippen molar-refractivity contribution in [3.8, 4) is 0 Å². The summed E-state index contributed by atoms with van der Waals surface area (Å²) in [4.78, 5) is 0. The van der Waals surface area contributed by atoms with Gasteiger partial charge in [0.05, 0.1) is 0 Å². The van der Waals surface area contributed by atoms with E-state index in [0.717, 1.165) is 4.58 Å². The Bertz CT molecular complexity index is 79.9. The Labute approximate surface area is 86.3 Å². The molecule has 0 saturated heterocycles. The molecule has 0 aliphatic heterocycles. The van der Waals surface area contributed by atoms with E-state index in [4.69, 9.17) is 0 Å². The number of unbranched alkanes of at least 4 members (excludes halogenated alkanes) is 4. The maximum atomic E-state index is 2.27. The third-order valence-corrected chi connectivity index (χ3v) is 4.75. The summed E-state index contributed by atoms with van der Waals surface area (Å²) in [6, 6.07) is 0. The van der Waals surface area contributed by atoms with Gasteiger partial charge in [0, 0.05) is 4.58 Å². The topological polar surface area (TPSA) is 0 Å². The zero-order valence-corrected chi connectivity index (χ0v) is 10.3. The summed E-state index contributed by atoms with van der Waals surface area (Å²) in [6.07, 6.45) is 12.9. The average Bonchev–Trinajstić information content (AvgIpc) is 2.11. The predicted molar refractivity (Wildman–Crippen MR) is 64.2 cm³/mol. The van der Waals surface area contributed by atoms with Crippen LogP contribution in [0.4, 0.5) is 0 Å². The minimum atomic E-state index is 0.839. The van der Waals surface area contributed by atoms with Crippen LogP contribution in [0, 0.1) is 0 Å². The molecule has 0 amide bonds. The lowest BCUT2D eigenvalue weighted by molar-refractivity contribution is 0.622. The van der Waals surface area contributed by atoms with Gasteiger partial charge in [-0.05, 0) is 18.9 Å². The maximum absolute atomic E-state index is 2.27. The third-order valence-electron chi connectivity index (χ3n) is 2.07. The highest BCUT2D eigenvalue weighted by Crippen LogP contribution is 2.24. The summed E-state index contributed by atoms with van der Waals surface area (Å²) in [7, 11) is 0. The van der Waals surface area contributed by atoms with Crippen LogP contribution in [0.3, 0.4) is 0 Å². The van der Waals surface area contributed by atoms with Crippen LogP contribution in [0.1, 0.15) is 45.4 Å². The van der Waals surface area contributed by atoms with Crippen LogP contribution >= 0.6 is 23.5 Å². The van der Waals surface area contributed by atoms with Gasteiger partial charge in [0.1, 0.15) is 0 Å². The Hall–Kier alpha value is 0.700. The van der Waals surface area contributed by atoms with Gasteiger partial charge in [-0.25, -0.2) is 0 Å².